The average Bonchev–Trinajstić information content (AvgIpc) is 2.95. The lowest BCUT2D eigenvalue weighted by atomic mass is 9.73. The van der Waals surface area contributed by atoms with Crippen molar-refractivity contribution in [3.05, 3.63) is 23.5 Å². The van der Waals surface area contributed by atoms with Gasteiger partial charge in [-0.25, -0.2) is 9.18 Å². The predicted molar refractivity (Wildman–Crippen MR) is 119 cm³/mol. The smallest absolute Gasteiger partial charge is 0.410 e. The third-order valence-corrected chi connectivity index (χ3v) is 6.92. The first-order chi connectivity index (χ1) is 15.1. The topological polar surface area (TPSA) is 76.9 Å². The summed E-state index contributed by atoms with van der Waals surface area (Å²) in [6.07, 6.45) is 1.85. The zero-order chi connectivity index (χ0) is 23.3. The summed E-state index contributed by atoms with van der Waals surface area (Å²) in [7, 11) is 1.70. The first kappa shape index (κ1) is 22.4. The van der Waals surface area contributed by atoms with Crippen LogP contribution in [-0.4, -0.2) is 55.7 Å². The number of hydrogen-bond donors (Lipinski definition) is 0. The maximum Gasteiger partial charge on any atom is 0.410 e. The number of likely N-dealkylation sites (N-methyl/N-ethyl adjacent to an activating group) is 1. The molecule has 1 aromatic rings. The standard InChI is InChI=1S/C24H31FN4O3/c1-23(2,3)32-22(31)29-11-7-24(8-12-29)20-18(25)13-17(14-19(20)27(4)21(24)30)28-9-5-16(15-26)6-10-28/h13-14,16H,5-12H2,1-4H3. The second kappa shape index (κ2) is 7.95. The maximum atomic E-state index is 15.5. The quantitative estimate of drug-likeness (QED) is 0.661. The fourth-order valence-corrected chi connectivity index (χ4v) is 5.16. The first-order valence-corrected chi connectivity index (χ1v) is 11.3. The van der Waals surface area contributed by atoms with Crippen LogP contribution in [0.2, 0.25) is 0 Å². The second-order valence-electron chi connectivity index (χ2n) is 10.1. The molecule has 172 valence electrons. The number of amides is 2. The van der Waals surface area contributed by atoms with E-state index < -0.39 is 17.1 Å². The molecule has 3 aliphatic heterocycles. The number of nitrogens with zero attached hydrogens (tertiary/aromatic N) is 4. The first-order valence-electron chi connectivity index (χ1n) is 11.3. The van der Waals surface area contributed by atoms with Gasteiger partial charge in [0.25, 0.3) is 0 Å². The molecular weight excluding hydrogens is 411 g/mol. The van der Waals surface area contributed by atoms with E-state index in [1.165, 1.54) is 6.07 Å². The van der Waals surface area contributed by atoms with Crippen molar-refractivity contribution in [1.82, 2.24) is 4.90 Å². The Morgan fingerprint density at radius 1 is 1.19 bits per heavy atom. The van der Waals surface area contributed by atoms with Gasteiger partial charge in [-0.15, -0.1) is 0 Å². The van der Waals surface area contributed by atoms with Gasteiger partial charge in [0.1, 0.15) is 11.4 Å². The lowest BCUT2D eigenvalue weighted by molar-refractivity contribution is -0.124. The van der Waals surface area contributed by atoms with Crippen molar-refractivity contribution in [2.75, 3.05) is 43.0 Å². The van der Waals surface area contributed by atoms with Crippen LogP contribution in [0, 0.1) is 23.1 Å². The highest BCUT2D eigenvalue weighted by molar-refractivity contribution is 6.08. The number of fused-ring (bicyclic) bond motifs is 2. The predicted octanol–water partition coefficient (Wildman–Crippen LogP) is 3.81. The van der Waals surface area contributed by atoms with E-state index in [2.05, 4.69) is 11.0 Å². The van der Waals surface area contributed by atoms with E-state index in [0.717, 1.165) is 18.5 Å². The van der Waals surface area contributed by atoms with Gasteiger partial charge in [-0.1, -0.05) is 0 Å². The number of benzene rings is 1. The minimum absolute atomic E-state index is 0.0493. The van der Waals surface area contributed by atoms with Gasteiger partial charge in [-0.2, -0.15) is 5.26 Å². The number of ether oxygens (including phenoxy) is 1. The molecule has 4 rings (SSSR count). The minimum atomic E-state index is -0.945. The van der Waals surface area contributed by atoms with E-state index in [1.54, 1.807) is 16.8 Å². The lowest BCUT2D eigenvalue weighted by Crippen LogP contribution is -2.50. The number of rotatable bonds is 1. The molecule has 0 unspecified atom stereocenters. The number of carbonyl (C=O) groups excluding carboxylic acids is 2. The van der Waals surface area contributed by atoms with Crippen molar-refractivity contribution < 1.29 is 18.7 Å². The maximum absolute atomic E-state index is 15.5. The van der Waals surface area contributed by atoms with Crippen molar-refractivity contribution in [2.24, 2.45) is 5.92 Å². The fourth-order valence-electron chi connectivity index (χ4n) is 5.16. The molecule has 7 nitrogen and oxygen atoms in total. The van der Waals surface area contributed by atoms with Gasteiger partial charge < -0.3 is 19.4 Å². The Morgan fingerprint density at radius 2 is 1.81 bits per heavy atom. The highest BCUT2D eigenvalue weighted by atomic mass is 19.1. The zero-order valence-electron chi connectivity index (χ0n) is 19.3. The van der Waals surface area contributed by atoms with Crippen LogP contribution < -0.4 is 9.80 Å². The summed E-state index contributed by atoms with van der Waals surface area (Å²) in [5.74, 6) is -0.438. The second-order valence-corrected chi connectivity index (χ2v) is 10.1. The summed E-state index contributed by atoms with van der Waals surface area (Å²) in [6, 6.07) is 5.74. The number of anilines is 2. The molecule has 3 heterocycles. The van der Waals surface area contributed by atoms with Gasteiger partial charge in [0.2, 0.25) is 5.91 Å². The van der Waals surface area contributed by atoms with Crippen molar-refractivity contribution in [3.8, 4) is 6.07 Å². The number of halogens is 1. The molecule has 3 aliphatic rings. The van der Waals surface area contributed by atoms with Crippen molar-refractivity contribution in [1.29, 1.82) is 5.26 Å². The van der Waals surface area contributed by atoms with E-state index in [1.807, 2.05) is 26.8 Å². The Hall–Kier alpha value is -2.82. The number of nitriles is 1. The van der Waals surface area contributed by atoms with Gasteiger partial charge in [0, 0.05) is 50.4 Å². The number of hydrogen-bond acceptors (Lipinski definition) is 5. The van der Waals surface area contributed by atoms with Gasteiger partial charge in [0.05, 0.1) is 17.2 Å². The Morgan fingerprint density at radius 3 is 2.38 bits per heavy atom. The lowest BCUT2D eigenvalue weighted by Gasteiger charge is -2.38. The molecule has 32 heavy (non-hydrogen) atoms. The summed E-state index contributed by atoms with van der Waals surface area (Å²) in [5, 5.41) is 9.13. The van der Waals surface area contributed by atoms with Crippen LogP contribution in [0.15, 0.2) is 12.1 Å². The summed E-state index contributed by atoms with van der Waals surface area (Å²) in [5.41, 5.74) is 0.272. The Kier molecular flexibility index (Phi) is 5.56. The highest BCUT2D eigenvalue weighted by Crippen LogP contribution is 2.50. The van der Waals surface area contributed by atoms with Crippen molar-refractivity contribution in [2.45, 2.75) is 57.5 Å². The van der Waals surface area contributed by atoms with E-state index in [0.29, 0.717) is 50.3 Å². The molecule has 0 atom stereocenters. The van der Waals surface area contributed by atoms with Crippen molar-refractivity contribution >= 4 is 23.4 Å². The summed E-state index contributed by atoms with van der Waals surface area (Å²) in [6.45, 7) is 7.54. The molecule has 8 heteroatoms. The van der Waals surface area contributed by atoms with E-state index >= 15 is 4.39 Å². The van der Waals surface area contributed by atoms with Crippen LogP contribution in [0.1, 0.15) is 52.0 Å². The van der Waals surface area contributed by atoms with E-state index in [4.69, 9.17) is 10.00 Å². The molecule has 2 fully saturated rings. The molecule has 0 aromatic heterocycles. The monoisotopic (exact) mass is 442 g/mol. The molecule has 2 amide bonds. The van der Waals surface area contributed by atoms with Crippen LogP contribution in [0.5, 0.6) is 0 Å². The summed E-state index contributed by atoms with van der Waals surface area (Å²) >= 11 is 0. The van der Waals surface area contributed by atoms with Gasteiger partial charge in [0.15, 0.2) is 0 Å². The molecule has 0 aliphatic carbocycles. The normalized spacial score (nSPS) is 21.0. The SMILES string of the molecule is CN1C(=O)C2(CCN(C(=O)OC(C)(C)C)CC2)c2c(F)cc(N3CCC(C#N)CC3)cc21. The molecule has 0 N–H and O–H groups in total. The van der Waals surface area contributed by atoms with E-state index in [-0.39, 0.29) is 17.6 Å². The Labute approximate surface area is 188 Å². The van der Waals surface area contributed by atoms with Gasteiger partial charge >= 0.3 is 6.09 Å². The summed E-state index contributed by atoms with van der Waals surface area (Å²) < 4.78 is 21.0. The van der Waals surface area contributed by atoms with Crippen LogP contribution in [0.4, 0.5) is 20.6 Å². The van der Waals surface area contributed by atoms with Crippen LogP contribution in [0.25, 0.3) is 0 Å². The van der Waals surface area contributed by atoms with Crippen LogP contribution in [-0.2, 0) is 14.9 Å². The number of piperidine rings is 2. The molecule has 0 radical (unpaired) electrons. The van der Waals surface area contributed by atoms with Crippen molar-refractivity contribution in [3.63, 3.8) is 0 Å². The highest BCUT2D eigenvalue weighted by Gasteiger charge is 2.53. The Bertz CT molecular complexity index is 965. The molecule has 0 bridgehead atoms. The molecule has 2 saturated heterocycles. The molecule has 0 saturated carbocycles. The van der Waals surface area contributed by atoms with Gasteiger partial charge in [-0.05, 0) is 58.6 Å². The molecular formula is C24H31FN4O3. The average molecular weight is 443 g/mol. The minimum Gasteiger partial charge on any atom is -0.444 e. The number of likely N-dealkylation sites (tertiary alicyclic amines) is 1. The van der Waals surface area contributed by atoms with Crippen LogP contribution in [0.3, 0.4) is 0 Å². The van der Waals surface area contributed by atoms with E-state index in [9.17, 15) is 9.59 Å². The van der Waals surface area contributed by atoms with Gasteiger partial charge in [-0.3, -0.25) is 4.79 Å². The fraction of sp³-hybridized carbons (Fsp3) is 0.625. The van der Waals surface area contributed by atoms with Crippen LogP contribution >= 0.6 is 0 Å². The largest absolute Gasteiger partial charge is 0.444 e. The third-order valence-electron chi connectivity index (χ3n) is 6.92. The molecule has 1 aromatic carbocycles. The Balaban J connectivity index is 1.57. The zero-order valence-corrected chi connectivity index (χ0v) is 19.3. The molecule has 1 spiro atoms. The summed E-state index contributed by atoms with van der Waals surface area (Å²) in [4.78, 5) is 31.0. The third kappa shape index (κ3) is 3.78. The number of carbonyl (C=O) groups is 2.